The monoisotopic (exact) mass is 231 g/mol. The van der Waals surface area contributed by atoms with E-state index in [1.807, 2.05) is 44.2 Å². The zero-order valence-electron chi connectivity index (χ0n) is 10.2. The molecule has 0 unspecified atom stereocenters. The predicted octanol–water partition coefficient (Wildman–Crippen LogP) is 2.63. The third kappa shape index (κ3) is 2.94. The van der Waals surface area contributed by atoms with E-state index < -0.39 is 0 Å². The van der Waals surface area contributed by atoms with Crippen LogP contribution in [0.1, 0.15) is 13.8 Å². The molecule has 0 bridgehead atoms. The third-order valence-electron chi connectivity index (χ3n) is 2.63. The Labute approximate surface area is 101 Å². The Morgan fingerprint density at radius 2 is 2.12 bits per heavy atom. The molecule has 1 aromatic heterocycles. The van der Waals surface area contributed by atoms with Crippen molar-refractivity contribution in [2.75, 3.05) is 13.2 Å². The van der Waals surface area contributed by atoms with Crippen molar-refractivity contribution < 1.29 is 9.84 Å². The van der Waals surface area contributed by atoms with Crippen LogP contribution in [-0.2, 0) is 0 Å². The highest BCUT2D eigenvalue weighted by molar-refractivity contribution is 5.79. The van der Waals surface area contributed by atoms with Crippen LogP contribution < -0.4 is 4.74 Å². The van der Waals surface area contributed by atoms with Crippen molar-refractivity contribution in [3.8, 4) is 5.75 Å². The molecular formula is C14H17NO2. The lowest BCUT2D eigenvalue weighted by Gasteiger charge is -2.21. The van der Waals surface area contributed by atoms with E-state index in [-0.39, 0.29) is 12.0 Å². The first-order valence-corrected chi connectivity index (χ1v) is 5.69. The Bertz CT molecular complexity index is 508. The SMILES string of the molecule is CC(C)(CO)COc1ccc2cccnc2c1. The van der Waals surface area contributed by atoms with Crippen molar-refractivity contribution >= 4 is 10.9 Å². The predicted molar refractivity (Wildman–Crippen MR) is 68.1 cm³/mol. The average Bonchev–Trinajstić information content (AvgIpc) is 2.36. The smallest absolute Gasteiger partial charge is 0.121 e. The number of aliphatic hydroxyl groups is 1. The summed E-state index contributed by atoms with van der Waals surface area (Å²) < 4.78 is 5.67. The first kappa shape index (κ1) is 11.9. The number of ether oxygens (including phenoxy) is 1. The van der Waals surface area contributed by atoms with Gasteiger partial charge in [-0.05, 0) is 18.2 Å². The summed E-state index contributed by atoms with van der Waals surface area (Å²) in [6.45, 7) is 4.53. The lowest BCUT2D eigenvalue weighted by Crippen LogP contribution is -2.25. The number of aliphatic hydroxyl groups excluding tert-OH is 1. The van der Waals surface area contributed by atoms with Crippen LogP contribution in [0.2, 0.25) is 0 Å². The average molecular weight is 231 g/mol. The molecule has 17 heavy (non-hydrogen) atoms. The van der Waals surface area contributed by atoms with Crippen LogP contribution in [0.15, 0.2) is 36.5 Å². The molecule has 3 heteroatoms. The molecule has 0 fully saturated rings. The molecule has 2 aromatic rings. The Balaban J connectivity index is 2.14. The van der Waals surface area contributed by atoms with Crippen molar-refractivity contribution in [2.24, 2.45) is 5.41 Å². The summed E-state index contributed by atoms with van der Waals surface area (Å²) in [6.07, 6.45) is 1.77. The summed E-state index contributed by atoms with van der Waals surface area (Å²) in [4.78, 5) is 4.28. The number of nitrogens with zero attached hydrogens (tertiary/aromatic N) is 1. The molecule has 0 aliphatic rings. The maximum atomic E-state index is 9.15. The molecule has 2 rings (SSSR count). The number of fused-ring (bicyclic) bond motifs is 1. The van der Waals surface area contributed by atoms with E-state index >= 15 is 0 Å². The van der Waals surface area contributed by atoms with E-state index in [1.54, 1.807) is 6.20 Å². The van der Waals surface area contributed by atoms with Gasteiger partial charge in [0.05, 0.1) is 18.7 Å². The van der Waals surface area contributed by atoms with Gasteiger partial charge in [-0.1, -0.05) is 19.9 Å². The highest BCUT2D eigenvalue weighted by Crippen LogP contribution is 2.21. The Hall–Kier alpha value is -1.61. The molecule has 0 spiro atoms. The van der Waals surface area contributed by atoms with Gasteiger partial charge in [0.25, 0.3) is 0 Å². The summed E-state index contributed by atoms with van der Waals surface area (Å²) in [6, 6.07) is 9.77. The minimum Gasteiger partial charge on any atom is -0.493 e. The van der Waals surface area contributed by atoms with Crippen LogP contribution >= 0.6 is 0 Å². The highest BCUT2D eigenvalue weighted by Gasteiger charge is 2.17. The standard InChI is InChI=1S/C14H17NO2/c1-14(2,9-16)10-17-12-6-5-11-4-3-7-15-13(11)8-12/h3-8,16H,9-10H2,1-2H3. The van der Waals surface area contributed by atoms with E-state index in [2.05, 4.69) is 4.98 Å². The van der Waals surface area contributed by atoms with Crippen LogP contribution in [0, 0.1) is 5.41 Å². The molecule has 0 amide bonds. The number of pyridine rings is 1. The number of hydrogen-bond donors (Lipinski definition) is 1. The molecule has 0 saturated carbocycles. The highest BCUT2D eigenvalue weighted by atomic mass is 16.5. The van der Waals surface area contributed by atoms with E-state index in [0.29, 0.717) is 6.61 Å². The van der Waals surface area contributed by atoms with Gasteiger partial charge in [-0.3, -0.25) is 4.98 Å². The van der Waals surface area contributed by atoms with E-state index in [1.165, 1.54) is 0 Å². The third-order valence-corrected chi connectivity index (χ3v) is 2.63. The zero-order valence-corrected chi connectivity index (χ0v) is 10.2. The fraction of sp³-hybridized carbons (Fsp3) is 0.357. The molecule has 1 N–H and O–H groups in total. The minimum absolute atomic E-state index is 0.110. The topological polar surface area (TPSA) is 42.4 Å². The summed E-state index contributed by atoms with van der Waals surface area (Å²) >= 11 is 0. The van der Waals surface area contributed by atoms with Gasteiger partial charge in [0.15, 0.2) is 0 Å². The number of hydrogen-bond acceptors (Lipinski definition) is 3. The normalized spacial score (nSPS) is 11.7. The van der Waals surface area contributed by atoms with Crippen LogP contribution in [0.25, 0.3) is 10.9 Å². The van der Waals surface area contributed by atoms with Crippen LogP contribution in [0.4, 0.5) is 0 Å². The Morgan fingerprint density at radius 3 is 2.88 bits per heavy atom. The summed E-state index contributed by atoms with van der Waals surface area (Å²) in [5.41, 5.74) is 0.700. The van der Waals surface area contributed by atoms with Gasteiger partial charge in [0, 0.05) is 23.1 Å². The summed E-state index contributed by atoms with van der Waals surface area (Å²) in [5.74, 6) is 0.790. The van der Waals surface area contributed by atoms with Crippen molar-refractivity contribution in [2.45, 2.75) is 13.8 Å². The molecule has 0 aliphatic heterocycles. The fourth-order valence-corrected chi connectivity index (χ4v) is 1.46. The van der Waals surface area contributed by atoms with E-state index in [9.17, 15) is 0 Å². The second-order valence-corrected chi connectivity index (χ2v) is 4.97. The maximum absolute atomic E-state index is 9.15. The zero-order chi connectivity index (χ0) is 12.3. The Kier molecular flexibility index (Phi) is 3.29. The largest absolute Gasteiger partial charge is 0.493 e. The number of benzene rings is 1. The Morgan fingerprint density at radius 1 is 1.29 bits per heavy atom. The van der Waals surface area contributed by atoms with Gasteiger partial charge in [-0.15, -0.1) is 0 Å². The molecule has 3 nitrogen and oxygen atoms in total. The van der Waals surface area contributed by atoms with Gasteiger partial charge in [-0.25, -0.2) is 0 Å². The lowest BCUT2D eigenvalue weighted by atomic mass is 9.96. The second-order valence-electron chi connectivity index (χ2n) is 4.97. The molecule has 1 aromatic carbocycles. The fourth-order valence-electron chi connectivity index (χ4n) is 1.46. The molecule has 0 saturated heterocycles. The lowest BCUT2D eigenvalue weighted by molar-refractivity contribution is 0.0976. The molecular weight excluding hydrogens is 214 g/mol. The number of rotatable bonds is 4. The maximum Gasteiger partial charge on any atom is 0.121 e. The number of aromatic nitrogens is 1. The molecule has 0 aliphatic carbocycles. The van der Waals surface area contributed by atoms with Gasteiger partial charge in [0.2, 0.25) is 0 Å². The molecule has 0 atom stereocenters. The van der Waals surface area contributed by atoms with E-state index in [4.69, 9.17) is 9.84 Å². The summed E-state index contributed by atoms with van der Waals surface area (Å²) in [7, 11) is 0. The van der Waals surface area contributed by atoms with E-state index in [0.717, 1.165) is 16.7 Å². The summed E-state index contributed by atoms with van der Waals surface area (Å²) in [5, 5.41) is 10.2. The molecule has 90 valence electrons. The minimum atomic E-state index is -0.223. The second kappa shape index (κ2) is 4.72. The van der Waals surface area contributed by atoms with Crippen molar-refractivity contribution in [1.82, 2.24) is 4.98 Å². The van der Waals surface area contributed by atoms with Gasteiger partial charge in [-0.2, -0.15) is 0 Å². The van der Waals surface area contributed by atoms with Crippen molar-refractivity contribution in [3.63, 3.8) is 0 Å². The quantitative estimate of drug-likeness (QED) is 0.879. The van der Waals surface area contributed by atoms with Crippen LogP contribution in [0.3, 0.4) is 0 Å². The van der Waals surface area contributed by atoms with Gasteiger partial charge in [0.1, 0.15) is 5.75 Å². The van der Waals surface area contributed by atoms with Crippen molar-refractivity contribution in [1.29, 1.82) is 0 Å². The first-order valence-electron chi connectivity index (χ1n) is 5.69. The molecule has 0 radical (unpaired) electrons. The molecule has 1 heterocycles. The van der Waals surface area contributed by atoms with Gasteiger partial charge < -0.3 is 9.84 Å². The first-order chi connectivity index (χ1) is 8.11. The van der Waals surface area contributed by atoms with Crippen LogP contribution in [-0.4, -0.2) is 23.3 Å². The van der Waals surface area contributed by atoms with Gasteiger partial charge >= 0.3 is 0 Å². The van der Waals surface area contributed by atoms with Crippen molar-refractivity contribution in [3.05, 3.63) is 36.5 Å². The van der Waals surface area contributed by atoms with Crippen LogP contribution in [0.5, 0.6) is 5.75 Å².